The van der Waals surface area contributed by atoms with Gasteiger partial charge in [0.15, 0.2) is 11.6 Å². The number of hydrogen-bond acceptors (Lipinski definition) is 6. The molecule has 0 saturated carbocycles. The summed E-state index contributed by atoms with van der Waals surface area (Å²) in [5.74, 6) is 6.15. The maximum absolute atomic E-state index is 14.4. The molecule has 4 rings (SSSR count). The standard InChI is InChI=1S/C24H21FN4OS/c1-16(30)9-10-18-15-31-22-21(18)28-23(19-11-13-26-14-20(19)25)29-24(22)27-12-5-8-17-6-3-2-4-7-17/h2-4,6-7,11,13-16,30H,5,8,12H2,1H3,(H,27,28,29). The van der Waals surface area contributed by atoms with Crippen LogP contribution in [0.2, 0.25) is 0 Å². The highest BCUT2D eigenvalue weighted by Gasteiger charge is 2.16. The number of anilines is 1. The number of benzene rings is 1. The van der Waals surface area contributed by atoms with Gasteiger partial charge in [0.05, 0.1) is 22.0 Å². The highest BCUT2D eigenvalue weighted by Crippen LogP contribution is 2.32. The van der Waals surface area contributed by atoms with E-state index in [1.807, 2.05) is 23.6 Å². The number of pyridine rings is 1. The summed E-state index contributed by atoms with van der Waals surface area (Å²) >= 11 is 1.48. The van der Waals surface area contributed by atoms with Gasteiger partial charge >= 0.3 is 0 Å². The first-order valence-electron chi connectivity index (χ1n) is 9.98. The van der Waals surface area contributed by atoms with E-state index >= 15 is 0 Å². The number of nitrogens with one attached hydrogen (secondary N) is 1. The van der Waals surface area contributed by atoms with E-state index in [-0.39, 0.29) is 11.4 Å². The first-order chi connectivity index (χ1) is 15.1. The predicted octanol–water partition coefficient (Wildman–Crippen LogP) is 4.67. The highest BCUT2D eigenvalue weighted by atomic mass is 32.1. The lowest BCUT2D eigenvalue weighted by atomic mass is 10.1. The van der Waals surface area contributed by atoms with Crippen LogP contribution in [0.4, 0.5) is 10.2 Å². The topological polar surface area (TPSA) is 70.9 Å². The molecule has 156 valence electrons. The van der Waals surface area contributed by atoms with Crippen molar-refractivity contribution in [3.05, 3.63) is 71.1 Å². The quantitative estimate of drug-likeness (QED) is 0.342. The molecule has 0 fully saturated rings. The molecular weight excluding hydrogens is 411 g/mol. The van der Waals surface area contributed by atoms with Crippen LogP contribution in [0.3, 0.4) is 0 Å². The van der Waals surface area contributed by atoms with Crippen LogP contribution in [-0.4, -0.2) is 32.7 Å². The monoisotopic (exact) mass is 432 g/mol. The molecule has 4 aromatic rings. The van der Waals surface area contributed by atoms with E-state index in [1.165, 1.54) is 23.1 Å². The Morgan fingerprint density at radius 1 is 1.19 bits per heavy atom. The second-order valence-electron chi connectivity index (χ2n) is 7.04. The Kier molecular flexibility index (Phi) is 6.51. The van der Waals surface area contributed by atoms with E-state index in [2.05, 4.69) is 44.2 Å². The molecule has 0 saturated heterocycles. The summed E-state index contributed by atoms with van der Waals surface area (Å²) in [6.45, 7) is 2.32. The molecule has 31 heavy (non-hydrogen) atoms. The van der Waals surface area contributed by atoms with E-state index in [0.717, 1.165) is 23.7 Å². The van der Waals surface area contributed by atoms with Crippen molar-refractivity contribution in [1.82, 2.24) is 15.0 Å². The summed E-state index contributed by atoms with van der Waals surface area (Å²) in [5, 5.41) is 14.8. The van der Waals surface area contributed by atoms with Gasteiger partial charge in [0.25, 0.3) is 0 Å². The molecule has 1 unspecified atom stereocenters. The smallest absolute Gasteiger partial charge is 0.165 e. The van der Waals surface area contributed by atoms with Gasteiger partial charge in [-0.2, -0.15) is 0 Å². The summed E-state index contributed by atoms with van der Waals surface area (Å²) in [7, 11) is 0. The second kappa shape index (κ2) is 9.65. The van der Waals surface area contributed by atoms with Gasteiger partial charge in [-0.3, -0.25) is 4.98 Å². The number of aryl methyl sites for hydroxylation is 1. The molecule has 2 N–H and O–H groups in total. The molecule has 0 aliphatic rings. The predicted molar refractivity (Wildman–Crippen MR) is 122 cm³/mol. The largest absolute Gasteiger partial charge is 0.381 e. The van der Waals surface area contributed by atoms with E-state index < -0.39 is 11.9 Å². The molecule has 5 nitrogen and oxygen atoms in total. The van der Waals surface area contributed by atoms with Crippen LogP contribution in [0.15, 0.2) is 54.2 Å². The van der Waals surface area contributed by atoms with Crippen molar-refractivity contribution in [2.75, 3.05) is 11.9 Å². The lowest BCUT2D eigenvalue weighted by Crippen LogP contribution is -2.06. The molecule has 0 aliphatic carbocycles. The van der Waals surface area contributed by atoms with Crippen molar-refractivity contribution < 1.29 is 9.50 Å². The minimum Gasteiger partial charge on any atom is -0.381 e. The summed E-state index contributed by atoms with van der Waals surface area (Å²) < 4.78 is 15.2. The Bertz CT molecular complexity index is 1240. The van der Waals surface area contributed by atoms with Gasteiger partial charge in [0.1, 0.15) is 17.4 Å². The number of aliphatic hydroxyl groups is 1. The van der Waals surface area contributed by atoms with Crippen LogP contribution in [-0.2, 0) is 6.42 Å². The van der Waals surface area contributed by atoms with Gasteiger partial charge in [0, 0.05) is 18.1 Å². The second-order valence-corrected chi connectivity index (χ2v) is 7.92. The minimum absolute atomic E-state index is 0.274. The number of rotatable bonds is 6. The molecule has 0 amide bonds. The Labute approximate surface area is 184 Å². The lowest BCUT2D eigenvalue weighted by molar-refractivity contribution is 0.253. The third-order valence-corrected chi connectivity index (χ3v) is 5.60. The maximum Gasteiger partial charge on any atom is 0.165 e. The first kappa shape index (κ1) is 20.9. The van der Waals surface area contributed by atoms with Gasteiger partial charge in [-0.05, 0) is 31.4 Å². The number of thiophene rings is 1. The zero-order chi connectivity index (χ0) is 21.6. The van der Waals surface area contributed by atoms with E-state index in [0.29, 0.717) is 23.4 Å². The average molecular weight is 433 g/mol. The SMILES string of the molecule is CC(O)C#Cc1csc2c(NCCCc3ccccc3)nc(-c3ccncc3F)nc12. The van der Waals surface area contributed by atoms with Crippen LogP contribution in [0.25, 0.3) is 21.6 Å². The van der Waals surface area contributed by atoms with Gasteiger partial charge < -0.3 is 10.4 Å². The number of nitrogens with zero attached hydrogens (tertiary/aromatic N) is 3. The number of aliphatic hydroxyl groups excluding tert-OH is 1. The lowest BCUT2D eigenvalue weighted by Gasteiger charge is -2.09. The van der Waals surface area contributed by atoms with Gasteiger partial charge in [-0.15, -0.1) is 11.3 Å². The Hall–Kier alpha value is -3.34. The Balaban J connectivity index is 1.66. The highest BCUT2D eigenvalue weighted by molar-refractivity contribution is 7.18. The van der Waals surface area contributed by atoms with Crippen LogP contribution in [0.5, 0.6) is 0 Å². The first-order valence-corrected chi connectivity index (χ1v) is 10.9. The Morgan fingerprint density at radius 3 is 2.81 bits per heavy atom. The van der Waals surface area contributed by atoms with E-state index in [9.17, 15) is 9.50 Å². The fraction of sp³-hybridized carbons (Fsp3) is 0.208. The van der Waals surface area contributed by atoms with Crippen LogP contribution < -0.4 is 5.32 Å². The molecule has 0 aliphatic heterocycles. The summed E-state index contributed by atoms with van der Waals surface area (Å²) in [6.07, 6.45) is 3.79. The summed E-state index contributed by atoms with van der Waals surface area (Å²) in [4.78, 5) is 13.0. The number of fused-ring (bicyclic) bond motifs is 1. The van der Waals surface area contributed by atoms with E-state index in [1.54, 1.807) is 13.0 Å². The zero-order valence-electron chi connectivity index (χ0n) is 17.0. The zero-order valence-corrected chi connectivity index (χ0v) is 17.8. The van der Waals surface area contributed by atoms with Gasteiger partial charge in [0.2, 0.25) is 0 Å². The summed E-state index contributed by atoms with van der Waals surface area (Å²) in [6, 6.07) is 11.9. The normalized spacial score (nSPS) is 11.7. The maximum atomic E-state index is 14.4. The number of hydrogen-bond donors (Lipinski definition) is 2. The van der Waals surface area contributed by atoms with Crippen molar-refractivity contribution in [2.24, 2.45) is 0 Å². The molecular formula is C24H21FN4OS. The van der Waals surface area contributed by atoms with Crippen molar-refractivity contribution >= 4 is 27.4 Å². The van der Waals surface area contributed by atoms with Crippen molar-refractivity contribution in [2.45, 2.75) is 25.9 Å². The molecule has 0 bridgehead atoms. The number of halogens is 1. The average Bonchev–Trinajstić information content (AvgIpc) is 3.19. The molecule has 7 heteroatoms. The molecule has 3 heterocycles. The summed E-state index contributed by atoms with van der Waals surface area (Å²) in [5.41, 5.74) is 2.89. The molecule has 0 spiro atoms. The van der Waals surface area contributed by atoms with Crippen molar-refractivity contribution in [1.29, 1.82) is 0 Å². The van der Waals surface area contributed by atoms with E-state index in [4.69, 9.17) is 0 Å². The van der Waals surface area contributed by atoms with Crippen LogP contribution in [0, 0.1) is 17.7 Å². The Morgan fingerprint density at radius 2 is 2.03 bits per heavy atom. The molecule has 0 radical (unpaired) electrons. The van der Waals surface area contributed by atoms with Crippen LogP contribution in [0.1, 0.15) is 24.5 Å². The fourth-order valence-electron chi connectivity index (χ4n) is 3.13. The van der Waals surface area contributed by atoms with Crippen LogP contribution >= 0.6 is 11.3 Å². The van der Waals surface area contributed by atoms with Crippen molar-refractivity contribution in [3.8, 4) is 23.2 Å². The molecule has 3 aromatic heterocycles. The number of aromatic nitrogens is 3. The molecule has 1 atom stereocenters. The minimum atomic E-state index is -0.746. The van der Waals surface area contributed by atoms with Crippen molar-refractivity contribution in [3.63, 3.8) is 0 Å². The third-order valence-electron chi connectivity index (χ3n) is 4.62. The fourth-order valence-corrected chi connectivity index (χ4v) is 4.03. The van der Waals surface area contributed by atoms with Gasteiger partial charge in [-0.25, -0.2) is 14.4 Å². The third kappa shape index (κ3) is 5.05. The molecule has 1 aromatic carbocycles. The van der Waals surface area contributed by atoms with Gasteiger partial charge in [-0.1, -0.05) is 42.2 Å².